The number of likely N-dealkylation sites (N-methyl/N-ethyl adjacent to an activating group) is 1. The summed E-state index contributed by atoms with van der Waals surface area (Å²) in [6.07, 6.45) is 0. The fourth-order valence-electron chi connectivity index (χ4n) is 1.52. The Balaban J connectivity index is 2.76. The van der Waals surface area contributed by atoms with Crippen molar-refractivity contribution in [3.8, 4) is 0 Å². The molecule has 0 spiro atoms. The first-order valence-electron chi connectivity index (χ1n) is 5.35. The van der Waals surface area contributed by atoms with Crippen molar-refractivity contribution in [3.63, 3.8) is 0 Å². The maximum absolute atomic E-state index is 12.0. The minimum Gasteiger partial charge on any atom is -0.387 e. The SMILES string of the molecule is CN(C)CC(C)(O)CNS(=O)(=O)c1cc(Cl)c(Br)s1. The number of thiophene rings is 1. The van der Waals surface area contributed by atoms with Gasteiger partial charge in [0.05, 0.1) is 14.4 Å². The van der Waals surface area contributed by atoms with E-state index in [9.17, 15) is 13.5 Å². The van der Waals surface area contributed by atoms with E-state index in [1.807, 2.05) is 0 Å². The van der Waals surface area contributed by atoms with Crippen LogP contribution in [0, 0.1) is 0 Å². The molecule has 19 heavy (non-hydrogen) atoms. The Hall–Kier alpha value is 0.300. The van der Waals surface area contributed by atoms with Gasteiger partial charge in [0.1, 0.15) is 4.21 Å². The molecule has 1 heterocycles. The van der Waals surface area contributed by atoms with Gasteiger partial charge in [0.25, 0.3) is 0 Å². The van der Waals surface area contributed by atoms with Crippen molar-refractivity contribution in [2.45, 2.75) is 16.7 Å². The Morgan fingerprint density at radius 3 is 2.58 bits per heavy atom. The minimum atomic E-state index is -3.66. The molecule has 0 amide bonds. The summed E-state index contributed by atoms with van der Waals surface area (Å²) in [5.41, 5.74) is -1.14. The van der Waals surface area contributed by atoms with Crippen LogP contribution in [0.15, 0.2) is 14.1 Å². The Kier molecular flexibility index (Phi) is 5.83. The molecule has 0 aromatic carbocycles. The highest BCUT2D eigenvalue weighted by Crippen LogP contribution is 2.34. The van der Waals surface area contributed by atoms with Gasteiger partial charge in [-0.25, -0.2) is 13.1 Å². The number of rotatable bonds is 6. The van der Waals surface area contributed by atoms with Crippen LogP contribution in [0.5, 0.6) is 0 Å². The van der Waals surface area contributed by atoms with Gasteiger partial charge in [0, 0.05) is 13.1 Å². The Morgan fingerprint density at radius 1 is 1.58 bits per heavy atom. The van der Waals surface area contributed by atoms with Gasteiger partial charge in [-0.1, -0.05) is 11.6 Å². The van der Waals surface area contributed by atoms with E-state index in [1.165, 1.54) is 6.07 Å². The molecule has 0 aliphatic heterocycles. The summed E-state index contributed by atoms with van der Waals surface area (Å²) < 4.78 is 27.1. The predicted molar refractivity (Wildman–Crippen MR) is 81.4 cm³/mol. The van der Waals surface area contributed by atoms with Gasteiger partial charge in [0.15, 0.2) is 0 Å². The molecule has 9 heteroatoms. The maximum Gasteiger partial charge on any atom is 0.250 e. The highest BCUT2D eigenvalue weighted by molar-refractivity contribution is 9.11. The summed E-state index contributed by atoms with van der Waals surface area (Å²) in [5, 5.41) is 10.4. The third-order valence-corrected chi connectivity index (χ3v) is 6.54. The molecule has 0 fully saturated rings. The lowest BCUT2D eigenvalue weighted by molar-refractivity contribution is 0.0386. The van der Waals surface area contributed by atoms with E-state index >= 15 is 0 Å². The van der Waals surface area contributed by atoms with Gasteiger partial charge in [-0.15, -0.1) is 11.3 Å². The number of sulfonamides is 1. The number of nitrogens with zero attached hydrogens (tertiary/aromatic N) is 1. The van der Waals surface area contributed by atoms with E-state index in [2.05, 4.69) is 20.7 Å². The van der Waals surface area contributed by atoms with Crippen molar-refractivity contribution in [1.82, 2.24) is 9.62 Å². The quantitative estimate of drug-likeness (QED) is 0.775. The molecule has 0 aliphatic rings. The average Bonchev–Trinajstić information content (AvgIpc) is 2.56. The fourth-order valence-corrected chi connectivity index (χ4v) is 5.12. The number of aliphatic hydroxyl groups is 1. The molecular formula is C10H16BrClN2O3S2. The Bertz CT molecular complexity index is 523. The van der Waals surface area contributed by atoms with Gasteiger partial charge in [-0.05, 0) is 43.0 Å². The average molecular weight is 392 g/mol. The molecule has 1 aromatic heterocycles. The molecule has 0 saturated heterocycles. The largest absolute Gasteiger partial charge is 0.387 e. The van der Waals surface area contributed by atoms with E-state index in [0.29, 0.717) is 15.4 Å². The Morgan fingerprint density at radius 2 is 2.16 bits per heavy atom. The second-order valence-corrected chi connectivity index (χ2v) is 9.52. The minimum absolute atomic E-state index is 0.0688. The van der Waals surface area contributed by atoms with Crippen LogP contribution in [0.1, 0.15) is 6.92 Å². The predicted octanol–water partition coefficient (Wildman–Crippen LogP) is 1.75. The summed E-state index contributed by atoms with van der Waals surface area (Å²) >= 11 is 10.0. The summed E-state index contributed by atoms with van der Waals surface area (Å²) in [5.74, 6) is 0. The van der Waals surface area contributed by atoms with E-state index in [-0.39, 0.29) is 10.8 Å². The van der Waals surface area contributed by atoms with Crippen molar-refractivity contribution < 1.29 is 13.5 Å². The number of halogens is 2. The monoisotopic (exact) mass is 390 g/mol. The maximum atomic E-state index is 12.0. The zero-order chi connectivity index (χ0) is 14.8. The molecule has 1 atom stereocenters. The first-order valence-corrected chi connectivity index (χ1v) is 8.82. The molecule has 0 bridgehead atoms. The van der Waals surface area contributed by atoms with Gasteiger partial charge in [-0.2, -0.15) is 0 Å². The normalized spacial score (nSPS) is 15.7. The van der Waals surface area contributed by atoms with Crippen molar-refractivity contribution in [3.05, 3.63) is 14.9 Å². The third kappa shape index (κ3) is 5.30. The molecule has 1 aromatic rings. The summed E-state index contributed by atoms with van der Waals surface area (Å²) in [6.45, 7) is 1.86. The smallest absolute Gasteiger partial charge is 0.250 e. The highest BCUT2D eigenvalue weighted by atomic mass is 79.9. The van der Waals surface area contributed by atoms with Crippen molar-refractivity contribution in [1.29, 1.82) is 0 Å². The van der Waals surface area contributed by atoms with Crippen LogP contribution < -0.4 is 4.72 Å². The van der Waals surface area contributed by atoms with Crippen LogP contribution >= 0.6 is 38.9 Å². The van der Waals surface area contributed by atoms with Gasteiger partial charge >= 0.3 is 0 Å². The lowest BCUT2D eigenvalue weighted by atomic mass is 10.1. The van der Waals surface area contributed by atoms with Gasteiger partial charge < -0.3 is 10.0 Å². The van der Waals surface area contributed by atoms with Crippen LogP contribution in [0.3, 0.4) is 0 Å². The van der Waals surface area contributed by atoms with Crippen LogP contribution in [0.4, 0.5) is 0 Å². The lowest BCUT2D eigenvalue weighted by Gasteiger charge is -2.26. The van der Waals surface area contributed by atoms with Crippen molar-refractivity contribution in [2.75, 3.05) is 27.2 Å². The number of hydrogen-bond acceptors (Lipinski definition) is 5. The molecule has 0 radical (unpaired) electrons. The topological polar surface area (TPSA) is 69.6 Å². The summed E-state index contributed by atoms with van der Waals surface area (Å²) in [6, 6.07) is 1.37. The van der Waals surface area contributed by atoms with Crippen LogP contribution in [0.25, 0.3) is 0 Å². The zero-order valence-corrected chi connectivity index (χ0v) is 14.7. The van der Waals surface area contributed by atoms with Crippen LogP contribution in [-0.2, 0) is 10.0 Å². The molecule has 0 aliphatic carbocycles. The van der Waals surface area contributed by atoms with Crippen molar-refractivity contribution >= 4 is 48.9 Å². The number of nitrogens with one attached hydrogen (secondary N) is 1. The molecule has 5 nitrogen and oxygen atoms in total. The third-order valence-electron chi connectivity index (χ3n) is 2.19. The van der Waals surface area contributed by atoms with Crippen molar-refractivity contribution in [2.24, 2.45) is 0 Å². The molecule has 0 saturated carbocycles. The van der Waals surface area contributed by atoms with Gasteiger partial charge in [-0.3, -0.25) is 0 Å². The number of hydrogen-bond donors (Lipinski definition) is 2. The van der Waals surface area contributed by atoms with Gasteiger partial charge in [0.2, 0.25) is 10.0 Å². The summed E-state index contributed by atoms with van der Waals surface area (Å²) in [7, 11) is -0.0460. The lowest BCUT2D eigenvalue weighted by Crippen LogP contribution is -2.46. The highest BCUT2D eigenvalue weighted by Gasteiger charge is 2.26. The standard InChI is InChI=1S/C10H16BrClN2O3S2/c1-10(15,6-14(2)3)5-13-19(16,17)8-4-7(12)9(11)18-8/h4,13,15H,5-6H2,1-3H3. The van der Waals surface area contributed by atoms with E-state index < -0.39 is 15.6 Å². The first kappa shape index (κ1) is 17.4. The fraction of sp³-hybridized carbons (Fsp3) is 0.600. The van der Waals surface area contributed by atoms with Crippen LogP contribution in [-0.4, -0.2) is 51.2 Å². The van der Waals surface area contributed by atoms with E-state index in [0.717, 1.165) is 11.3 Å². The molecule has 110 valence electrons. The molecule has 2 N–H and O–H groups in total. The second-order valence-electron chi connectivity index (χ2n) is 4.75. The van der Waals surface area contributed by atoms with E-state index in [1.54, 1.807) is 25.9 Å². The molecule has 1 unspecified atom stereocenters. The molecular weight excluding hydrogens is 376 g/mol. The van der Waals surface area contributed by atoms with E-state index in [4.69, 9.17) is 11.6 Å². The summed E-state index contributed by atoms with van der Waals surface area (Å²) in [4.78, 5) is 1.78. The zero-order valence-electron chi connectivity index (χ0n) is 10.8. The molecule has 1 rings (SSSR count). The second kappa shape index (κ2) is 6.38. The van der Waals surface area contributed by atoms with Crippen LogP contribution in [0.2, 0.25) is 5.02 Å². The Labute approximate surface area is 130 Å². The first-order chi connectivity index (χ1) is 8.53.